The average Bonchev–Trinajstić information content (AvgIpc) is 2.41. The summed E-state index contributed by atoms with van der Waals surface area (Å²) >= 11 is 8.30. The van der Waals surface area contributed by atoms with Crippen molar-refractivity contribution in [2.75, 3.05) is 0 Å². The summed E-state index contributed by atoms with van der Waals surface area (Å²) in [7, 11) is 0. The highest BCUT2D eigenvalue weighted by atomic mass is 79.9. The SMILES string of the molecule is Cc1ccccc1/C(=N\NC(N)=S)c1cccc(Br)c1. The van der Waals surface area contributed by atoms with Gasteiger partial charge in [-0.25, -0.2) is 0 Å². The molecule has 0 heterocycles. The van der Waals surface area contributed by atoms with Crippen LogP contribution >= 0.6 is 28.1 Å². The molecule has 5 heteroatoms. The maximum atomic E-state index is 5.47. The van der Waals surface area contributed by atoms with Gasteiger partial charge in [0.05, 0.1) is 5.71 Å². The van der Waals surface area contributed by atoms with Crippen LogP contribution in [0.5, 0.6) is 0 Å². The van der Waals surface area contributed by atoms with Crippen molar-refractivity contribution in [3.05, 3.63) is 69.7 Å². The molecule has 3 nitrogen and oxygen atoms in total. The lowest BCUT2D eigenvalue weighted by Gasteiger charge is -2.11. The Morgan fingerprint density at radius 1 is 1.20 bits per heavy atom. The molecular weight excluding hydrogens is 334 g/mol. The average molecular weight is 348 g/mol. The highest BCUT2D eigenvalue weighted by Crippen LogP contribution is 2.18. The Morgan fingerprint density at radius 3 is 2.60 bits per heavy atom. The first-order chi connectivity index (χ1) is 9.58. The highest BCUT2D eigenvalue weighted by Gasteiger charge is 2.10. The minimum absolute atomic E-state index is 0.145. The topological polar surface area (TPSA) is 50.4 Å². The Bertz CT molecular complexity index is 668. The van der Waals surface area contributed by atoms with E-state index in [1.165, 1.54) is 0 Å². The van der Waals surface area contributed by atoms with Gasteiger partial charge in [0.1, 0.15) is 0 Å². The van der Waals surface area contributed by atoms with Gasteiger partial charge in [-0.15, -0.1) is 0 Å². The molecule has 2 aromatic carbocycles. The Labute approximate surface area is 132 Å². The van der Waals surface area contributed by atoms with Crippen LogP contribution in [-0.2, 0) is 0 Å². The van der Waals surface area contributed by atoms with Crippen molar-refractivity contribution in [2.45, 2.75) is 6.92 Å². The van der Waals surface area contributed by atoms with Crippen molar-refractivity contribution in [3.63, 3.8) is 0 Å². The molecule has 0 unspecified atom stereocenters. The van der Waals surface area contributed by atoms with Crippen LogP contribution in [0, 0.1) is 6.92 Å². The number of hydrogen-bond acceptors (Lipinski definition) is 2. The zero-order chi connectivity index (χ0) is 14.5. The first kappa shape index (κ1) is 14.7. The van der Waals surface area contributed by atoms with Crippen molar-refractivity contribution >= 4 is 39.0 Å². The van der Waals surface area contributed by atoms with Crippen LogP contribution in [0.4, 0.5) is 0 Å². The van der Waals surface area contributed by atoms with Crippen molar-refractivity contribution < 1.29 is 0 Å². The first-order valence-corrected chi connectivity index (χ1v) is 7.23. The third kappa shape index (κ3) is 3.65. The van der Waals surface area contributed by atoms with E-state index in [0.717, 1.165) is 26.9 Å². The van der Waals surface area contributed by atoms with E-state index in [-0.39, 0.29) is 5.11 Å². The first-order valence-electron chi connectivity index (χ1n) is 6.03. The summed E-state index contributed by atoms with van der Waals surface area (Å²) < 4.78 is 0.992. The molecule has 0 radical (unpaired) electrons. The largest absolute Gasteiger partial charge is 0.375 e. The highest BCUT2D eigenvalue weighted by molar-refractivity contribution is 9.10. The van der Waals surface area contributed by atoms with Gasteiger partial charge in [0, 0.05) is 15.6 Å². The van der Waals surface area contributed by atoms with Gasteiger partial charge in [0.25, 0.3) is 0 Å². The molecular formula is C15H14BrN3S. The maximum absolute atomic E-state index is 5.47. The van der Waals surface area contributed by atoms with Crippen molar-refractivity contribution in [1.82, 2.24) is 5.43 Å². The summed E-state index contributed by atoms with van der Waals surface area (Å²) in [5.41, 5.74) is 12.1. The smallest absolute Gasteiger partial charge is 0.184 e. The summed E-state index contributed by atoms with van der Waals surface area (Å²) in [6.07, 6.45) is 0. The van der Waals surface area contributed by atoms with Gasteiger partial charge in [-0.1, -0.05) is 52.3 Å². The number of rotatable bonds is 3. The van der Waals surface area contributed by atoms with Gasteiger partial charge in [-0.2, -0.15) is 5.10 Å². The fourth-order valence-electron chi connectivity index (χ4n) is 1.87. The second-order valence-corrected chi connectivity index (χ2v) is 5.62. The number of thiocarbonyl (C=S) groups is 1. The van der Waals surface area contributed by atoms with E-state index in [9.17, 15) is 0 Å². The molecule has 0 aliphatic carbocycles. The second-order valence-electron chi connectivity index (χ2n) is 4.26. The van der Waals surface area contributed by atoms with Crippen molar-refractivity contribution in [2.24, 2.45) is 10.8 Å². The van der Waals surface area contributed by atoms with Gasteiger partial charge in [-0.3, -0.25) is 5.43 Å². The van der Waals surface area contributed by atoms with Crippen molar-refractivity contribution in [1.29, 1.82) is 0 Å². The summed E-state index contributed by atoms with van der Waals surface area (Å²) in [6, 6.07) is 16.0. The monoisotopic (exact) mass is 347 g/mol. The summed E-state index contributed by atoms with van der Waals surface area (Å²) in [6.45, 7) is 2.05. The number of nitrogens with one attached hydrogen (secondary N) is 1. The lowest BCUT2D eigenvalue weighted by atomic mass is 9.98. The molecule has 0 saturated heterocycles. The maximum Gasteiger partial charge on any atom is 0.184 e. The molecule has 0 aliphatic heterocycles. The normalized spacial score (nSPS) is 11.2. The number of nitrogens with two attached hydrogens (primary N) is 1. The summed E-state index contributed by atoms with van der Waals surface area (Å²) in [4.78, 5) is 0. The molecule has 2 rings (SSSR count). The van der Waals surface area contributed by atoms with E-state index >= 15 is 0 Å². The fourth-order valence-corrected chi connectivity index (χ4v) is 2.31. The number of hydrogen-bond donors (Lipinski definition) is 2. The van der Waals surface area contributed by atoms with E-state index in [4.69, 9.17) is 18.0 Å². The number of benzene rings is 2. The minimum atomic E-state index is 0.145. The lowest BCUT2D eigenvalue weighted by molar-refractivity contribution is 1.03. The van der Waals surface area contributed by atoms with Gasteiger partial charge in [0.2, 0.25) is 0 Å². The second kappa shape index (κ2) is 6.63. The summed E-state index contributed by atoms with van der Waals surface area (Å²) in [5.74, 6) is 0. The molecule has 20 heavy (non-hydrogen) atoms. The molecule has 3 N–H and O–H groups in total. The Hall–Kier alpha value is -1.72. The zero-order valence-electron chi connectivity index (χ0n) is 10.9. The molecule has 0 aromatic heterocycles. The Kier molecular flexibility index (Phi) is 4.87. The predicted molar refractivity (Wildman–Crippen MR) is 90.9 cm³/mol. The molecule has 0 saturated carbocycles. The van der Waals surface area contributed by atoms with E-state index in [1.54, 1.807) is 0 Å². The zero-order valence-corrected chi connectivity index (χ0v) is 13.3. The molecule has 102 valence electrons. The van der Waals surface area contributed by atoms with Crippen LogP contribution in [-0.4, -0.2) is 10.8 Å². The standard InChI is InChI=1S/C15H14BrN3S/c1-10-5-2-3-8-13(10)14(18-19-15(17)20)11-6-4-7-12(16)9-11/h2-9H,1H3,(H3,17,19,20)/b18-14-. The number of halogens is 1. The van der Waals surface area contributed by atoms with Gasteiger partial charge in [0.15, 0.2) is 5.11 Å². The summed E-state index contributed by atoms with van der Waals surface area (Å²) in [5, 5.41) is 4.49. The minimum Gasteiger partial charge on any atom is -0.375 e. The van der Waals surface area contributed by atoms with Gasteiger partial charge >= 0.3 is 0 Å². The quantitative estimate of drug-likeness (QED) is 0.508. The molecule has 0 spiro atoms. The lowest BCUT2D eigenvalue weighted by Crippen LogP contribution is -2.26. The molecule has 2 aromatic rings. The third-order valence-electron chi connectivity index (χ3n) is 2.78. The van der Waals surface area contributed by atoms with E-state index in [1.807, 2.05) is 55.5 Å². The number of hydrazone groups is 1. The molecule has 0 atom stereocenters. The fraction of sp³-hybridized carbons (Fsp3) is 0.0667. The van der Waals surface area contributed by atoms with E-state index in [2.05, 4.69) is 26.5 Å². The van der Waals surface area contributed by atoms with Crippen LogP contribution in [0.1, 0.15) is 16.7 Å². The van der Waals surface area contributed by atoms with Crippen LogP contribution in [0.15, 0.2) is 58.1 Å². The van der Waals surface area contributed by atoms with Gasteiger partial charge < -0.3 is 5.73 Å². The molecule has 0 fully saturated rings. The van der Waals surface area contributed by atoms with E-state index < -0.39 is 0 Å². The van der Waals surface area contributed by atoms with Crippen LogP contribution < -0.4 is 11.2 Å². The number of aryl methyl sites for hydroxylation is 1. The molecule has 0 aliphatic rings. The van der Waals surface area contributed by atoms with Crippen LogP contribution in [0.3, 0.4) is 0 Å². The Balaban J connectivity index is 2.54. The van der Waals surface area contributed by atoms with Gasteiger partial charge in [-0.05, 0) is 36.8 Å². The van der Waals surface area contributed by atoms with Crippen LogP contribution in [0.25, 0.3) is 0 Å². The predicted octanol–water partition coefficient (Wildman–Crippen LogP) is 3.34. The van der Waals surface area contributed by atoms with Crippen LogP contribution in [0.2, 0.25) is 0 Å². The Morgan fingerprint density at radius 2 is 1.95 bits per heavy atom. The molecule has 0 amide bonds. The molecule has 0 bridgehead atoms. The van der Waals surface area contributed by atoms with E-state index in [0.29, 0.717) is 0 Å². The van der Waals surface area contributed by atoms with Crippen molar-refractivity contribution in [3.8, 4) is 0 Å². The number of nitrogens with zero attached hydrogens (tertiary/aromatic N) is 1. The third-order valence-corrected chi connectivity index (χ3v) is 3.36.